The summed E-state index contributed by atoms with van der Waals surface area (Å²) >= 11 is 0. The van der Waals surface area contributed by atoms with Gasteiger partial charge in [0, 0.05) is 5.92 Å². The standard InChI is InChI=1S/C14H22O2/c1-9-6-12-4-5-13(8-12)14(9)16-11(3)7-10(2)15/h4-5,10-15H,1,6-8H2,2-3H3/t10-,11-,12-,13-,14+/m0/s1. The molecule has 0 aromatic rings. The zero-order valence-corrected chi connectivity index (χ0v) is 10.2. The Morgan fingerprint density at radius 1 is 1.50 bits per heavy atom. The molecule has 0 aromatic carbocycles. The van der Waals surface area contributed by atoms with Crippen molar-refractivity contribution in [3.05, 3.63) is 24.3 Å². The topological polar surface area (TPSA) is 29.5 Å². The minimum absolute atomic E-state index is 0.104. The molecule has 2 nitrogen and oxygen atoms in total. The molecule has 0 unspecified atom stereocenters. The summed E-state index contributed by atoms with van der Waals surface area (Å²) in [5, 5.41) is 9.33. The number of rotatable bonds is 4. The van der Waals surface area contributed by atoms with E-state index < -0.39 is 0 Å². The first-order chi connectivity index (χ1) is 7.56. The highest BCUT2D eigenvalue weighted by Crippen LogP contribution is 2.41. The second kappa shape index (κ2) is 4.72. The summed E-state index contributed by atoms with van der Waals surface area (Å²) in [6.07, 6.45) is 7.55. The van der Waals surface area contributed by atoms with Crippen molar-refractivity contribution in [1.82, 2.24) is 0 Å². The molecule has 2 heteroatoms. The molecule has 2 aliphatic carbocycles. The second-order valence-corrected chi connectivity index (χ2v) is 5.36. The summed E-state index contributed by atoms with van der Waals surface area (Å²) in [7, 11) is 0. The number of aliphatic hydroxyl groups is 1. The van der Waals surface area contributed by atoms with E-state index in [0.717, 1.165) is 6.42 Å². The molecule has 1 N–H and O–H groups in total. The quantitative estimate of drug-likeness (QED) is 0.741. The zero-order valence-electron chi connectivity index (χ0n) is 10.2. The van der Waals surface area contributed by atoms with E-state index in [1.165, 1.54) is 12.0 Å². The average molecular weight is 222 g/mol. The maximum absolute atomic E-state index is 9.33. The first kappa shape index (κ1) is 11.9. The summed E-state index contributed by atoms with van der Waals surface area (Å²) in [5.41, 5.74) is 1.23. The molecule has 0 aliphatic heterocycles. The maximum Gasteiger partial charge on any atom is 0.0848 e. The van der Waals surface area contributed by atoms with Crippen molar-refractivity contribution in [2.45, 2.75) is 51.4 Å². The fraction of sp³-hybridized carbons (Fsp3) is 0.714. The van der Waals surface area contributed by atoms with Crippen molar-refractivity contribution in [3.63, 3.8) is 0 Å². The molecular formula is C14H22O2. The Balaban J connectivity index is 1.92. The highest BCUT2D eigenvalue weighted by molar-refractivity contribution is 5.21. The van der Waals surface area contributed by atoms with Gasteiger partial charge in [-0.3, -0.25) is 0 Å². The van der Waals surface area contributed by atoms with Gasteiger partial charge in [0.2, 0.25) is 0 Å². The summed E-state index contributed by atoms with van der Waals surface area (Å²) < 4.78 is 6.03. The average Bonchev–Trinajstić information content (AvgIpc) is 2.55. The van der Waals surface area contributed by atoms with E-state index in [0.29, 0.717) is 18.3 Å². The van der Waals surface area contributed by atoms with Crippen molar-refractivity contribution in [3.8, 4) is 0 Å². The van der Waals surface area contributed by atoms with E-state index in [4.69, 9.17) is 4.74 Å². The Hall–Kier alpha value is -0.600. The minimum atomic E-state index is -0.293. The molecule has 0 saturated heterocycles. The van der Waals surface area contributed by atoms with Crippen LogP contribution in [0.3, 0.4) is 0 Å². The van der Waals surface area contributed by atoms with Crippen LogP contribution in [0.25, 0.3) is 0 Å². The third kappa shape index (κ3) is 2.55. The number of fused-ring (bicyclic) bond motifs is 2. The Morgan fingerprint density at radius 3 is 2.94 bits per heavy atom. The van der Waals surface area contributed by atoms with Crippen LogP contribution in [0, 0.1) is 11.8 Å². The van der Waals surface area contributed by atoms with Crippen LogP contribution in [-0.4, -0.2) is 23.4 Å². The number of aliphatic hydroxyl groups excluding tert-OH is 1. The van der Waals surface area contributed by atoms with Crippen LogP contribution >= 0.6 is 0 Å². The SMILES string of the molecule is C=C1C[C@@H]2C=C[C@@H](C2)[C@@H]1O[C@@H](C)C[C@H](C)O. The Morgan fingerprint density at radius 2 is 2.25 bits per heavy atom. The van der Waals surface area contributed by atoms with E-state index in [1.807, 2.05) is 6.92 Å². The fourth-order valence-corrected chi connectivity index (χ4v) is 2.92. The van der Waals surface area contributed by atoms with Crippen LogP contribution in [0.1, 0.15) is 33.1 Å². The fourth-order valence-electron chi connectivity index (χ4n) is 2.92. The summed E-state index contributed by atoms with van der Waals surface area (Å²) in [6.45, 7) is 7.98. The van der Waals surface area contributed by atoms with E-state index in [9.17, 15) is 5.11 Å². The summed E-state index contributed by atoms with van der Waals surface area (Å²) in [4.78, 5) is 0. The molecule has 16 heavy (non-hydrogen) atoms. The largest absolute Gasteiger partial charge is 0.393 e. The smallest absolute Gasteiger partial charge is 0.0848 e. The lowest BCUT2D eigenvalue weighted by Crippen LogP contribution is -2.32. The highest BCUT2D eigenvalue weighted by Gasteiger charge is 2.35. The summed E-state index contributed by atoms with van der Waals surface area (Å²) in [6, 6.07) is 0. The molecule has 1 saturated carbocycles. The molecule has 0 spiro atoms. The van der Waals surface area contributed by atoms with E-state index in [-0.39, 0.29) is 18.3 Å². The molecule has 2 bridgehead atoms. The molecule has 0 amide bonds. The molecule has 0 aromatic heterocycles. The predicted molar refractivity (Wildman–Crippen MR) is 65.1 cm³/mol. The highest BCUT2D eigenvalue weighted by atomic mass is 16.5. The van der Waals surface area contributed by atoms with Crippen LogP contribution in [0.2, 0.25) is 0 Å². The Labute approximate surface area is 98.0 Å². The van der Waals surface area contributed by atoms with Crippen molar-refractivity contribution in [2.24, 2.45) is 11.8 Å². The Kier molecular flexibility index (Phi) is 3.50. The number of allylic oxidation sites excluding steroid dienone is 1. The monoisotopic (exact) mass is 222 g/mol. The third-order valence-electron chi connectivity index (χ3n) is 3.57. The number of hydrogen-bond donors (Lipinski definition) is 1. The lowest BCUT2D eigenvalue weighted by molar-refractivity contribution is -0.0327. The van der Waals surface area contributed by atoms with Gasteiger partial charge in [0.25, 0.3) is 0 Å². The molecular weight excluding hydrogens is 200 g/mol. The van der Waals surface area contributed by atoms with Crippen LogP contribution in [0.4, 0.5) is 0 Å². The van der Waals surface area contributed by atoms with Crippen LogP contribution < -0.4 is 0 Å². The van der Waals surface area contributed by atoms with Gasteiger partial charge < -0.3 is 9.84 Å². The first-order valence-corrected chi connectivity index (χ1v) is 6.25. The van der Waals surface area contributed by atoms with E-state index in [1.54, 1.807) is 6.92 Å². The lowest BCUT2D eigenvalue weighted by Gasteiger charge is -2.33. The Bertz CT molecular complexity index is 293. The van der Waals surface area contributed by atoms with E-state index >= 15 is 0 Å². The lowest BCUT2D eigenvalue weighted by atomic mass is 9.82. The summed E-state index contributed by atoms with van der Waals surface area (Å²) in [5.74, 6) is 1.21. The molecule has 1 fully saturated rings. The van der Waals surface area contributed by atoms with Gasteiger partial charge >= 0.3 is 0 Å². The van der Waals surface area contributed by atoms with Crippen LogP contribution in [-0.2, 0) is 4.74 Å². The molecule has 0 radical (unpaired) electrons. The number of hydrogen-bond acceptors (Lipinski definition) is 2. The normalized spacial score (nSPS) is 36.4. The van der Waals surface area contributed by atoms with Gasteiger partial charge in [-0.05, 0) is 44.6 Å². The van der Waals surface area contributed by atoms with Gasteiger partial charge in [-0.1, -0.05) is 18.7 Å². The van der Waals surface area contributed by atoms with Gasteiger partial charge in [-0.2, -0.15) is 0 Å². The van der Waals surface area contributed by atoms with Crippen LogP contribution in [0.15, 0.2) is 24.3 Å². The van der Waals surface area contributed by atoms with Crippen molar-refractivity contribution in [2.75, 3.05) is 0 Å². The van der Waals surface area contributed by atoms with Gasteiger partial charge in [0.05, 0.1) is 18.3 Å². The van der Waals surface area contributed by atoms with E-state index in [2.05, 4.69) is 18.7 Å². The molecule has 2 aliphatic rings. The van der Waals surface area contributed by atoms with Gasteiger partial charge in [0.1, 0.15) is 0 Å². The minimum Gasteiger partial charge on any atom is -0.393 e. The molecule has 2 rings (SSSR count). The molecule has 5 atom stereocenters. The zero-order chi connectivity index (χ0) is 11.7. The van der Waals surface area contributed by atoms with Gasteiger partial charge in [-0.15, -0.1) is 0 Å². The van der Waals surface area contributed by atoms with Gasteiger partial charge in [-0.25, -0.2) is 0 Å². The maximum atomic E-state index is 9.33. The van der Waals surface area contributed by atoms with Gasteiger partial charge in [0.15, 0.2) is 0 Å². The number of ether oxygens (including phenoxy) is 1. The molecule has 90 valence electrons. The van der Waals surface area contributed by atoms with Crippen molar-refractivity contribution < 1.29 is 9.84 Å². The third-order valence-corrected chi connectivity index (χ3v) is 3.57. The van der Waals surface area contributed by atoms with Crippen molar-refractivity contribution in [1.29, 1.82) is 0 Å². The second-order valence-electron chi connectivity index (χ2n) is 5.36. The first-order valence-electron chi connectivity index (χ1n) is 6.25. The van der Waals surface area contributed by atoms with Crippen LogP contribution in [0.5, 0.6) is 0 Å². The predicted octanol–water partition coefficient (Wildman–Crippen LogP) is 2.68. The van der Waals surface area contributed by atoms with Crippen molar-refractivity contribution >= 4 is 0 Å². The molecule has 0 heterocycles.